The Hall–Kier alpha value is -2.73. The Labute approximate surface area is 149 Å². The number of carbonyl (C=O) groups excluding carboxylic acids is 2. The summed E-state index contributed by atoms with van der Waals surface area (Å²) in [6, 6.07) is 12.0. The maximum atomic E-state index is 12.6. The van der Waals surface area contributed by atoms with E-state index in [2.05, 4.69) is 5.32 Å². The number of nitrogens with one attached hydrogen (secondary N) is 1. The number of halogens is 1. The number of amides is 3. The van der Waals surface area contributed by atoms with Gasteiger partial charge in [0, 0.05) is 6.42 Å². The van der Waals surface area contributed by atoms with Gasteiger partial charge >= 0.3 is 6.03 Å². The second-order valence-corrected chi connectivity index (χ2v) is 6.33. The van der Waals surface area contributed by atoms with Crippen LogP contribution in [0.3, 0.4) is 0 Å². The van der Waals surface area contributed by atoms with Gasteiger partial charge in [-0.05, 0) is 23.3 Å². The summed E-state index contributed by atoms with van der Waals surface area (Å²) < 4.78 is 10.6. The lowest BCUT2D eigenvalue weighted by molar-refractivity contribution is -0.127. The van der Waals surface area contributed by atoms with E-state index in [1.807, 2.05) is 30.3 Å². The molecule has 1 fully saturated rings. The van der Waals surface area contributed by atoms with Gasteiger partial charge < -0.3 is 14.8 Å². The number of hydrogen-bond donors (Lipinski definition) is 1. The van der Waals surface area contributed by atoms with E-state index in [9.17, 15) is 9.59 Å². The van der Waals surface area contributed by atoms with E-state index in [1.54, 1.807) is 12.1 Å². The van der Waals surface area contributed by atoms with Crippen molar-refractivity contribution in [3.63, 3.8) is 0 Å². The Balaban J connectivity index is 1.50. The molecular formula is C18H15ClN2O4. The van der Waals surface area contributed by atoms with Gasteiger partial charge in [0.05, 0.1) is 11.6 Å². The van der Waals surface area contributed by atoms with Gasteiger partial charge in [0.15, 0.2) is 11.5 Å². The van der Waals surface area contributed by atoms with Crippen LogP contribution in [0, 0.1) is 0 Å². The molecule has 2 aliphatic heterocycles. The summed E-state index contributed by atoms with van der Waals surface area (Å²) in [6.07, 6.45) is 0.462. The molecule has 1 saturated heterocycles. The van der Waals surface area contributed by atoms with Crippen molar-refractivity contribution in [3.8, 4) is 11.5 Å². The average Bonchev–Trinajstić information content (AvgIpc) is 3.17. The third kappa shape index (κ3) is 3.00. The van der Waals surface area contributed by atoms with E-state index in [1.165, 1.54) is 4.90 Å². The van der Waals surface area contributed by atoms with Gasteiger partial charge in [-0.1, -0.05) is 41.9 Å². The van der Waals surface area contributed by atoms with E-state index < -0.39 is 12.1 Å². The number of rotatable bonds is 4. The largest absolute Gasteiger partial charge is 0.454 e. The van der Waals surface area contributed by atoms with Crippen molar-refractivity contribution in [2.75, 3.05) is 6.79 Å². The van der Waals surface area contributed by atoms with Crippen LogP contribution in [0.1, 0.15) is 11.1 Å². The Morgan fingerprint density at radius 1 is 1.12 bits per heavy atom. The van der Waals surface area contributed by atoms with E-state index in [4.69, 9.17) is 21.1 Å². The minimum atomic E-state index is -0.556. The lowest BCUT2D eigenvalue weighted by Gasteiger charge is -2.14. The molecule has 7 heteroatoms. The first-order chi connectivity index (χ1) is 12.1. The highest BCUT2D eigenvalue weighted by Gasteiger charge is 2.38. The second-order valence-electron chi connectivity index (χ2n) is 5.93. The fourth-order valence-corrected chi connectivity index (χ4v) is 3.30. The van der Waals surface area contributed by atoms with Crippen LogP contribution in [0.2, 0.25) is 5.02 Å². The van der Waals surface area contributed by atoms with Crippen LogP contribution in [-0.2, 0) is 17.8 Å². The molecule has 3 amide bonds. The fourth-order valence-electron chi connectivity index (χ4n) is 3.01. The number of carbonyl (C=O) groups is 2. The minimum absolute atomic E-state index is 0.112. The molecule has 4 rings (SSSR count). The lowest BCUT2D eigenvalue weighted by atomic mass is 10.1. The van der Waals surface area contributed by atoms with Crippen molar-refractivity contribution >= 4 is 23.5 Å². The van der Waals surface area contributed by atoms with Crippen LogP contribution in [0.25, 0.3) is 0 Å². The highest BCUT2D eigenvalue weighted by molar-refractivity contribution is 6.32. The van der Waals surface area contributed by atoms with Crippen LogP contribution < -0.4 is 14.8 Å². The molecule has 0 aromatic heterocycles. The molecule has 1 N–H and O–H groups in total. The number of ether oxygens (including phenoxy) is 2. The van der Waals surface area contributed by atoms with Crippen LogP contribution in [0.4, 0.5) is 4.79 Å². The molecule has 2 heterocycles. The molecule has 1 unspecified atom stereocenters. The number of imide groups is 1. The first-order valence-corrected chi connectivity index (χ1v) is 8.23. The minimum Gasteiger partial charge on any atom is -0.454 e. The van der Waals surface area contributed by atoms with Gasteiger partial charge in [-0.25, -0.2) is 4.79 Å². The van der Waals surface area contributed by atoms with E-state index in [0.29, 0.717) is 28.5 Å². The van der Waals surface area contributed by atoms with Gasteiger partial charge in [0.25, 0.3) is 5.91 Å². The molecule has 0 spiro atoms. The summed E-state index contributed by atoms with van der Waals surface area (Å²) in [5, 5.41) is 3.14. The van der Waals surface area contributed by atoms with E-state index in [-0.39, 0.29) is 19.2 Å². The molecule has 25 heavy (non-hydrogen) atoms. The van der Waals surface area contributed by atoms with Gasteiger partial charge in [-0.15, -0.1) is 0 Å². The highest BCUT2D eigenvalue weighted by Crippen LogP contribution is 2.40. The molecule has 128 valence electrons. The molecule has 0 bridgehead atoms. The van der Waals surface area contributed by atoms with Crippen LogP contribution in [0.5, 0.6) is 11.5 Å². The van der Waals surface area contributed by atoms with Gasteiger partial charge in [-0.2, -0.15) is 0 Å². The Morgan fingerprint density at radius 2 is 1.92 bits per heavy atom. The summed E-state index contributed by atoms with van der Waals surface area (Å²) in [5.41, 5.74) is 1.70. The maximum absolute atomic E-state index is 12.6. The summed E-state index contributed by atoms with van der Waals surface area (Å²) >= 11 is 6.16. The summed E-state index contributed by atoms with van der Waals surface area (Å²) in [7, 11) is 0. The quantitative estimate of drug-likeness (QED) is 0.853. The standard InChI is InChI=1S/C18H15ClN2O4/c19-13-6-12(8-15-16(13)25-10-24-15)9-21-17(22)14(20-18(21)23)7-11-4-2-1-3-5-11/h1-6,8,14H,7,9-10H2,(H,20,23). The molecule has 1 atom stereocenters. The van der Waals surface area contributed by atoms with Gasteiger partial charge in [0.2, 0.25) is 6.79 Å². The molecule has 6 nitrogen and oxygen atoms in total. The Kier molecular flexibility index (Phi) is 3.97. The summed E-state index contributed by atoms with van der Waals surface area (Å²) in [6.45, 7) is 0.243. The second kappa shape index (κ2) is 6.29. The molecule has 0 aliphatic carbocycles. The van der Waals surface area contributed by atoms with Crippen LogP contribution >= 0.6 is 11.6 Å². The van der Waals surface area contributed by atoms with Gasteiger partial charge in [0.1, 0.15) is 6.04 Å². The number of urea groups is 1. The Bertz CT molecular complexity index is 840. The van der Waals surface area contributed by atoms with Crippen molar-refractivity contribution in [2.45, 2.75) is 19.0 Å². The summed E-state index contributed by atoms with van der Waals surface area (Å²) in [5.74, 6) is 0.766. The van der Waals surface area contributed by atoms with Crippen molar-refractivity contribution in [1.82, 2.24) is 10.2 Å². The first kappa shape index (κ1) is 15.8. The maximum Gasteiger partial charge on any atom is 0.325 e. The number of hydrogen-bond acceptors (Lipinski definition) is 4. The van der Waals surface area contributed by atoms with Crippen molar-refractivity contribution in [2.24, 2.45) is 0 Å². The molecular weight excluding hydrogens is 344 g/mol. The first-order valence-electron chi connectivity index (χ1n) is 7.85. The van der Waals surface area contributed by atoms with Crippen molar-refractivity contribution < 1.29 is 19.1 Å². The normalized spacial score (nSPS) is 18.6. The zero-order chi connectivity index (χ0) is 17.4. The predicted molar refractivity (Wildman–Crippen MR) is 90.6 cm³/mol. The number of nitrogens with zero attached hydrogens (tertiary/aromatic N) is 1. The van der Waals surface area contributed by atoms with E-state index >= 15 is 0 Å². The van der Waals surface area contributed by atoms with Crippen LogP contribution in [0.15, 0.2) is 42.5 Å². The van der Waals surface area contributed by atoms with E-state index in [0.717, 1.165) is 5.56 Å². The number of fused-ring (bicyclic) bond motifs is 1. The van der Waals surface area contributed by atoms with Gasteiger partial charge in [-0.3, -0.25) is 9.69 Å². The SMILES string of the molecule is O=C1NC(Cc2ccccc2)C(=O)N1Cc1cc(Cl)c2c(c1)OCO2. The Morgan fingerprint density at radius 3 is 2.72 bits per heavy atom. The van der Waals surface area contributed by atoms with Crippen molar-refractivity contribution in [3.05, 3.63) is 58.6 Å². The lowest BCUT2D eigenvalue weighted by Crippen LogP contribution is -2.32. The predicted octanol–water partition coefficient (Wildman–Crippen LogP) is 2.73. The van der Waals surface area contributed by atoms with Crippen molar-refractivity contribution in [1.29, 1.82) is 0 Å². The van der Waals surface area contributed by atoms with Crippen LogP contribution in [-0.4, -0.2) is 29.7 Å². The average molecular weight is 359 g/mol. The molecule has 0 saturated carbocycles. The molecule has 0 radical (unpaired) electrons. The molecule has 2 aromatic carbocycles. The zero-order valence-corrected chi connectivity index (χ0v) is 14.0. The highest BCUT2D eigenvalue weighted by atomic mass is 35.5. The third-order valence-corrected chi connectivity index (χ3v) is 4.50. The monoisotopic (exact) mass is 358 g/mol. The number of benzene rings is 2. The fraction of sp³-hybridized carbons (Fsp3) is 0.222. The topological polar surface area (TPSA) is 67.9 Å². The third-order valence-electron chi connectivity index (χ3n) is 4.22. The summed E-state index contributed by atoms with van der Waals surface area (Å²) in [4.78, 5) is 26.0. The molecule has 2 aromatic rings. The zero-order valence-electron chi connectivity index (χ0n) is 13.2. The smallest absolute Gasteiger partial charge is 0.325 e. The molecule has 2 aliphatic rings.